The lowest BCUT2D eigenvalue weighted by Crippen LogP contribution is -2.06. The van der Waals surface area contributed by atoms with Gasteiger partial charge < -0.3 is 15.2 Å². The van der Waals surface area contributed by atoms with Crippen molar-refractivity contribution < 1.29 is 14.3 Å². The molecule has 2 rings (SSSR count). The van der Waals surface area contributed by atoms with Crippen LogP contribution in [0.15, 0.2) is 36.4 Å². The quantitative estimate of drug-likeness (QED) is 0.853. The highest BCUT2D eigenvalue weighted by atomic mass is 16.5. The van der Waals surface area contributed by atoms with E-state index < -0.39 is 0 Å². The fourth-order valence-electron chi connectivity index (χ4n) is 1.89. The summed E-state index contributed by atoms with van der Waals surface area (Å²) in [5.41, 5.74) is 8.77. The average molecular weight is 286 g/mol. The second kappa shape index (κ2) is 6.85. The average Bonchev–Trinajstić information content (AvgIpc) is 2.53. The number of hydrogen-bond donors (Lipinski definition) is 1. The number of rotatable bonds is 5. The number of benzene rings is 1. The normalized spacial score (nSPS) is 10.2. The van der Waals surface area contributed by atoms with Crippen LogP contribution in [0.4, 0.5) is 0 Å². The van der Waals surface area contributed by atoms with E-state index in [-0.39, 0.29) is 5.97 Å². The van der Waals surface area contributed by atoms with Gasteiger partial charge in [-0.2, -0.15) is 0 Å². The molecule has 1 heterocycles. The molecular weight excluding hydrogens is 268 g/mol. The van der Waals surface area contributed by atoms with Crippen LogP contribution in [0.2, 0.25) is 0 Å². The van der Waals surface area contributed by atoms with E-state index in [1.807, 2.05) is 31.2 Å². The Morgan fingerprint density at radius 1 is 1.19 bits per heavy atom. The fraction of sp³-hybridized carbons (Fsp3) is 0.250. The van der Waals surface area contributed by atoms with E-state index in [2.05, 4.69) is 9.72 Å². The zero-order chi connectivity index (χ0) is 15.2. The third kappa shape index (κ3) is 3.79. The Morgan fingerprint density at radius 2 is 1.90 bits per heavy atom. The Hall–Kier alpha value is -2.40. The van der Waals surface area contributed by atoms with Gasteiger partial charge in [-0.15, -0.1) is 0 Å². The summed E-state index contributed by atoms with van der Waals surface area (Å²) in [5.74, 6) is 0.329. The van der Waals surface area contributed by atoms with Crippen LogP contribution < -0.4 is 10.5 Å². The van der Waals surface area contributed by atoms with E-state index in [0.717, 1.165) is 17.0 Å². The molecule has 0 aliphatic carbocycles. The molecule has 21 heavy (non-hydrogen) atoms. The van der Waals surface area contributed by atoms with Crippen molar-refractivity contribution in [1.82, 2.24) is 4.98 Å². The molecule has 0 atom stereocenters. The van der Waals surface area contributed by atoms with E-state index in [4.69, 9.17) is 10.5 Å². The second-order valence-corrected chi connectivity index (χ2v) is 4.58. The molecule has 0 saturated heterocycles. The topological polar surface area (TPSA) is 74.4 Å². The molecule has 5 nitrogen and oxygen atoms in total. The van der Waals surface area contributed by atoms with Crippen LogP contribution >= 0.6 is 0 Å². The number of nitrogens with two attached hydrogens (primary N) is 1. The van der Waals surface area contributed by atoms with Crippen LogP contribution in [0.1, 0.15) is 27.3 Å². The highest BCUT2D eigenvalue weighted by molar-refractivity contribution is 5.89. The summed E-state index contributed by atoms with van der Waals surface area (Å²) in [7, 11) is 1.36. The minimum atomic E-state index is -0.351. The van der Waals surface area contributed by atoms with Crippen molar-refractivity contribution in [1.29, 1.82) is 0 Å². The molecule has 0 unspecified atom stereocenters. The Labute approximate surface area is 123 Å². The van der Waals surface area contributed by atoms with Crippen LogP contribution in [0.25, 0.3) is 0 Å². The number of carbonyl (C=O) groups excluding carboxylic acids is 1. The molecule has 0 saturated carbocycles. The summed E-state index contributed by atoms with van der Waals surface area (Å²) >= 11 is 0. The standard InChI is InChI=1S/C16H18N2O3/c1-11-3-8-15(14(9-17)18-11)21-10-12-4-6-13(7-5-12)16(19)20-2/h3-8H,9-10,17H2,1-2H3. The highest BCUT2D eigenvalue weighted by Crippen LogP contribution is 2.18. The summed E-state index contributed by atoms with van der Waals surface area (Å²) in [6, 6.07) is 10.8. The number of nitrogens with zero attached hydrogens (tertiary/aromatic N) is 1. The van der Waals surface area contributed by atoms with Gasteiger partial charge in [0.05, 0.1) is 18.4 Å². The summed E-state index contributed by atoms with van der Waals surface area (Å²) in [6.45, 7) is 2.63. The van der Waals surface area contributed by atoms with Crippen LogP contribution in [0.3, 0.4) is 0 Å². The molecule has 0 aliphatic rings. The van der Waals surface area contributed by atoms with Gasteiger partial charge in [0.15, 0.2) is 0 Å². The van der Waals surface area contributed by atoms with Gasteiger partial charge >= 0.3 is 5.97 Å². The van der Waals surface area contributed by atoms with Crippen LogP contribution in [-0.2, 0) is 17.9 Å². The smallest absolute Gasteiger partial charge is 0.337 e. The summed E-state index contributed by atoms with van der Waals surface area (Å²) in [4.78, 5) is 15.7. The third-order valence-electron chi connectivity index (χ3n) is 3.03. The van der Waals surface area contributed by atoms with Crippen molar-refractivity contribution in [2.24, 2.45) is 5.73 Å². The van der Waals surface area contributed by atoms with E-state index in [0.29, 0.717) is 24.5 Å². The fourth-order valence-corrected chi connectivity index (χ4v) is 1.89. The van der Waals surface area contributed by atoms with Crippen molar-refractivity contribution in [3.63, 3.8) is 0 Å². The monoisotopic (exact) mass is 286 g/mol. The van der Waals surface area contributed by atoms with E-state index in [1.165, 1.54) is 7.11 Å². The lowest BCUT2D eigenvalue weighted by atomic mass is 10.1. The molecule has 0 radical (unpaired) electrons. The number of ether oxygens (including phenoxy) is 2. The van der Waals surface area contributed by atoms with Gasteiger partial charge in [-0.3, -0.25) is 4.98 Å². The van der Waals surface area contributed by atoms with Gasteiger partial charge in [0.1, 0.15) is 12.4 Å². The number of pyridine rings is 1. The lowest BCUT2D eigenvalue weighted by molar-refractivity contribution is 0.0600. The van der Waals surface area contributed by atoms with Gasteiger partial charge in [-0.05, 0) is 36.8 Å². The molecule has 0 spiro atoms. The number of aromatic nitrogens is 1. The zero-order valence-corrected chi connectivity index (χ0v) is 12.1. The first kappa shape index (κ1) is 15.0. The van der Waals surface area contributed by atoms with Crippen molar-refractivity contribution in [3.8, 4) is 5.75 Å². The van der Waals surface area contributed by atoms with Gasteiger partial charge in [-0.25, -0.2) is 4.79 Å². The molecule has 5 heteroatoms. The molecule has 2 aromatic rings. The molecule has 0 aliphatic heterocycles. The van der Waals surface area contributed by atoms with Crippen molar-refractivity contribution >= 4 is 5.97 Å². The van der Waals surface area contributed by atoms with Crippen LogP contribution in [0, 0.1) is 6.92 Å². The molecule has 110 valence electrons. The number of carbonyl (C=O) groups is 1. The molecule has 2 N–H and O–H groups in total. The number of esters is 1. The minimum absolute atomic E-state index is 0.332. The predicted molar refractivity (Wildman–Crippen MR) is 79.0 cm³/mol. The predicted octanol–water partition coefficient (Wildman–Crippen LogP) is 2.21. The first-order valence-corrected chi connectivity index (χ1v) is 6.60. The SMILES string of the molecule is COC(=O)c1ccc(COc2ccc(C)nc2CN)cc1. The first-order valence-electron chi connectivity index (χ1n) is 6.60. The number of aryl methyl sites for hydroxylation is 1. The maximum Gasteiger partial charge on any atom is 0.337 e. The molecular formula is C16H18N2O3. The Bertz CT molecular complexity index is 624. The van der Waals surface area contributed by atoms with Crippen LogP contribution in [0.5, 0.6) is 5.75 Å². The van der Waals surface area contributed by atoms with Gasteiger partial charge in [-0.1, -0.05) is 12.1 Å². The number of hydrogen-bond acceptors (Lipinski definition) is 5. The van der Waals surface area contributed by atoms with E-state index in [9.17, 15) is 4.79 Å². The van der Waals surface area contributed by atoms with Gasteiger partial charge in [0, 0.05) is 12.2 Å². The molecule has 0 bridgehead atoms. The maximum absolute atomic E-state index is 11.3. The zero-order valence-electron chi connectivity index (χ0n) is 12.1. The molecule has 1 aromatic heterocycles. The lowest BCUT2D eigenvalue weighted by Gasteiger charge is -2.10. The van der Waals surface area contributed by atoms with Crippen molar-refractivity contribution in [2.45, 2.75) is 20.1 Å². The number of methoxy groups -OCH3 is 1. The van der Waals surface area contributed by atoms with Crippen molar-refractivity contribution in [2.75, 3.05) is 7.11 Å². The summed E-state index contributed by atoms with van der Waals surface area (Å²) in [5, 5.41) is 0. The summed E-state index contributed by atoms with van der Waals surface area (Å²) < 4.78 is 10.4. The van der Waals surface area contributed by atoms with Gasteiger partial charge in [0.25, 0.3) is 0 Å². The minimum Gasteiger partial charge on any atom is -0.487 e. The Balaban J connectivity index is 2.05. The largest absolute Gasteiger partial charge is 0.487 e. The maximum atomic E-state index is 11.3. The second-order valence-electron chi connectivity index (χ2n) is 4.58. The van der Waals surface area contributed by atoms with E-state index >= 15 is 0 Å². The molecule has 0 amide bonds. The third-order valence-corrected chi connectivity index (χ3v) is 3.03. The highest BCUT2D eigenvalue weighted by Gasteiger charge is 2.07. The van der Waals surface area contributed by atoms with Gasteiger partial charge in [0.2, 0.25) is 0 Å². The van der Waals surface area contributed by atoms with E-state index in [1.54, 1.807) is 12.1 Å². The Kier molecular flexibility index (Phi) is 4.90. The molecule has 1 aromatic carbocycles. The molecule has 0 fully saturated rings. The van der Waals surface area contributed by atoms with Crippen LogP contribution in [-0.4, -0.2) is 18.1 Å². The Morgan fingerprint density at radius 3 is 2.52 bits per heavy atom. The first-order chi connectivity index (χ1) is 10.1. The van der Waals surface area contributed by atoms with Crippen molar-refractivity contribution in [3.05, 3.63) is 58.9 Å². The summed E-state index contributed by atoms with van der Waals surface area (Å²) in [6.07, 6.45) is 0.